The fraction of sp³-hybridized carbons (Fsp3) is 0.0909. The standard InChI is InChI=1S/C22H18ClN5O3/c23-17-7-4-8-18(11-17)25-20(29)14-28-22(31)27-13-16(9-10-19(27)26-28)21(30)24-12-15-5-2-1-3-6-15/h1-11,13H,12,14H2,(H,24,30)(H,25,29). The Hall–Kier alpha value is -3.91. The van der Waals surface area contributed by atoms with Crippen molar-refractivity contribution in [3.63, 3.8) is 0 Å². The van der Waals surface area contributed by atoms with Gasteiger partial charge in [-0.1, -0.05) is 48.0 Å². The Morgan fingerprint density at radius 2 is 1.81 bits per heavy atom. The number of rotatable bonds is 6. The van der Waals surface area contributed by atoms with Gasteiger partial charge in [0, 0.05) is 23.5 Å². The molecule has 0 bridgehead atoms. The molecule has 0 unspecified atom stereocenters. The van der Waals surface area contributed by atoms with Crippen LogP contribution in [0.2, 0.25) is 5.02 Å². The zero-order chi connectivity index (χ0) is 21.8. The fourth-order valence-corrected chi connectivity index (χ4v) is 3.23. The number of nitrogens with one attached hydrogen (secondary N) is 2. The van der Waals surface area contributed by atoms with Gasteiger partial charge in [0.2, 0.25) is 5.91 Å². The number of carbonyl (C=O) groups excluding carboxylic acids is 2. The predicted molar refractivity (Wildman–Crippen MR) is 117 cm³/mol. The lowest BCUT2D eigenvalue weighted by Gasteiger charge is -2.05. The van der Waals surface area contributed by atoms with Crippen molar-refractivity contribution in [3.8, 4) is 0 Å². The number of halogens is 1. The number of carbonyl (C=O) groups is 2. The number of hydrogen-bond acceptors (Lipinski definition) is 4. The van der Waals surface area contributed by atoms with Crippen molar-refractivity contribution in [2.24, 2.45) is 0 Å². The Bertz CT molecular complexity index is 1310. The molecule has 4 rings (SSSR count). The van der Waals surface area contributed by atoms with E-state index in [-0.39, 0.29) is 12.5 Å². The molecule has 2 aromatic carbocycles. The van der Waals surface area contributed by atoms with Gasteiger partial charge in [-0.2, -0.15) is 0 Å². The molecule has 9 heteroatoms. The average Bonchev–Trinajstić information content (AvgIpc) is 3.07. The topological polar surface area (TPSA) is 97.5 Å². The molecular weight excluding hydrogens is 418 g/mol. The highest BCUT2D eigenvalue weighted by molar-refractivity contribution is 6.30. The van der Waals surface area contributed by atoms with Crippen LogP contribution in [0.3, 0.4) is 0 Å². The number of nitrogens with zero attached hydrogens (tertiary/aromatic N) is 3. The molecule has 8 nitrogen and oxygen atoms in total. The van der Waals surface area contributed by atoms with E-state index in [1.807, 2.05) is 30.3 Å². The normalized spacial score (nSPS) is 10.7. The quantitative estimate of drug-likeness (QED) is 0.486. The van der Waals surface area contributed by atoms with Gasteiger partial charge in [-0.15, -0.1) is 5.10 Å². The molecule has 2 N–H and O–H groups in total. The van der Waals surface area contributed by atoms with Gasteiger partial charge in [0.25, 0.3) is 5.91 Å². The molecule has 2 aromatic heterocycles. The SMILES string of the molecule is O=C(Cn1nc2ccc(C(=O)NCc3ccccc3)cn2c1=O)Nc1cccc(Cl)c1. The number of hydrogen-bond donors (Lipinski definition) is 2. The fourth-order valence-electron chi connectivity index (χ4n) is 3.04. The number of pyridine rings is 1. The van der Waals surface area contributed by atoms with Crippen molar-refractivity contribution in [1.29, 1.82) is 0 Å². The van der Waals surface area contributed by atoms with Crippen molar-refractivity contribution in [2.45, 2.75) is 13.1 Å². The van der Waals surface area contributed by atoms with Crippen LogP contribution >= 0.6 is 11.6 Å². The van der Waals surface area contributed by atoms with Crippen LogP contribution in [0.5, 0.6) is 0 Å². The highest BCUT2D eigenvalue weighted by atomic mass is 35.5. The third kappa shape index (κ3) is 4.81. The van der Waals surface area contributed by atoms with Crippen molar-refractivity contribution in [3.05, 3.63) is 99.6 Å². The maximum absolute atomic E-state index is 12.7. The maximum atomic E-state index is 12.7. The molecule has 0 atom stereocenters. The summed E-state index contributed by atoms with van der Waals surface area (Å²) in [4.78, 5) is 37.4. The molecule has 0 saturated carbocycles. The van der Waals surface area contributed by atoms with Gasteiger partial charge < -0.3 is 10.6 Å². The summed E-state index contributed by atoms with van der Waals surface area (Å²) in [5.74, 6) is -0.738. The van der Waals surface area contributed by atoms with Crippen LogP contribution in [0.25, 0.3) is 5.65 Å². The van der Waals surface area contributed by atoms with E-state index in [0.29, 0.717) is 28.5 Å². The minimum absolute atomic E-state index is 0.275. The van der Waals surface area contributed by atoms with Gasteiger partial charge in [-0.05, 0) is 35.9 Å². The van der Waals surface area contributed by atoms with Crippen LogP contribution in [0.1, 0.15) is 15.9 Å². The molecule has 0 saturated heterocycles. The molecule has 31 heavy (non-hydrogen) atoms. The zero-order valence-corrected chi connectivity index (χ0v) is 17.0. The molecule has 0 aliphatic rings. The van der Waals surface area contributed by atoms with Crippen LogP contribution in [-0.2, 0) is 17.9 Å². The van der Waals surface area contributed by atoms with E-state index in [9.17, 15) is 14.4 Å². The Labute approximate surface area is 182 Å². The summed E-state index contributed by atoms with van der Waals surface area (Å²) < 4.78 is 2.28. The van der Waals surface area contributed by atoms with Gasteiger partial charge >= 0.3 is 5.69 Å². The van der Waals surface area contributed by atoms with Crippen LogP contribution in [0, 0.1) is 0 Å². The first-order valence-electron chi connectivity index (χ1n) is 9.46. The molecule has 0 aliphatic carbocycles. The summed E-state index contributed by atoms with van der Waals surface area (Å²) in [6.07, 6.45) is 1.41. The first-order chi connectivity index (χ1) is 15.0. The van der Waals surface area contributed by atoms with E-state index < -0.39 is 11.6 Å². The smallest absolute Gasteiger partial charge is 0.348 e. The molecule has 0 fully saturated rings. The summed E-state index contributed by atoms with van der Waals surface area (Å²) in [5.41, 5.74) is 1.61. The number of anilines is 1. The van der Waals surface area contributed by atoms with Gasteiger partial charge in [0.05, 0.1) is 5.56 Å². The molecule has 0 aliphatic heterocycles. The summed E-state index contributed by atoms with van der Waals surface area (Å²) in [7, 11) is 0. The molecule has 156 valence electrons. The monoisotopic (exact) mass is 435 g/mol. The minimum Gasteiger partial charge on any atom is -0.348 e. The van der Waals surface area contributed by atoms with Gasteiger partial charge in [0.1, 0.15) is 6.54 Å². The van der Waals surface area contributed by atoms with Gasteiger partial charge in [-0.25, -0.2) is 13.9 Å². The molecule has 4 aromatic rings. The summed E-state index contributed by atoms with van der Waals surface area (Å²) >= 11 is 5.91. The highest BCUT2D eigenvalue weighted by Gasteiger charge is 2.13. The lowest BCUT2D eigenvalue weighted by atomic mass is 10.2. The van der Waals surface area contributed by atoms with Gasteiger partial charge in [0.15, 0.2) is 5.65 Å². The minimum atomic E-state index is -0.519. The van der Waals surface area contributed by atoms with E-state index in [2.05, 4.69) is 15.7 Å². The second kappa shape index (κ2) is 8.85. The molecule has 0 radical (unpaired) electrons. The Morgan fingerprint density at radius 3 is 2.58 bits per heavy atom. The average molecular weight is 436 g/mol. The van der Waals surface area contributed by atoms with E-state index in [0.717, 1.165) is 10.2 Å². The highest BCUT2D eigenvalue weighted by Crippen LogP contribution is 2.14. The van der Waals surface area contributed by atoms with E-state index in [1.54, 1.807) is 36.4 Å². The van der Waals surface area contributed by atoms with E-state index in [4.69, 9.17) is 11.6 Å². The lowest BCUT2D eigenvalue weighted by molar-refractivity contribution is -0.117. The number of amides is 2. The van der Waals surface area contributed by atoms with Crippen LogP contribution < -0.4 is 16.3 Å². The van der Waals surface area contributed by atoms with Crippen molar-refractivity contribution in [1.82, 2.24) is 19.5 Å². The third-order valence-electron chi connectivity index (χ3n) is 4.54. The Balaban J connectivity index is 1.48. The Kier molecular flexibility index (Phi) is 5.81. The van der Waals surface area contributed by atoms with E-state index >= 15 is 0 Å². The van der Waals surface area contributed by atoms with Gasteiger partial charge in [-0.3, -0.25) is 9.59 Å². The van der Waals surface area contributed by atoms with Crippen LogP contribution in [-0.4, -0.2) is 26.0 Å². The van der Waals surface area contributed by atoms with Crippen LogP contribution in [0.15, 0.2) is 77.7 Å². The maximum Gasteiger partial charge on any atom is 0.350 e. The first-order valence-corrected chi connectivity index (χ1v) is 9.84. The molecule has 0 spiro atoms. The summed E-state index contributed by atoms with van der Waals surface area (Å²) in [5, 5.41) is 10.1. The largest absolute Gasteiger partial charge is 0.350 e. The molecule has 2 heterocycles. The predicted octanol–water partition coefficient (Wildman–Crippen LogP) is 2.72. The molecule has 2 amide bonds. The third-order valence-corrected chi connectivity index (χ3v) is 4.77. The second-order valence-corrected chi connectivity index (χ2v) is 7.25. The Morgan fingerprint density at radius 1 is 1.00 bits per heavy atom. The summed E-state index contributed by atoms with van der Waals surface area (Å²) in [6, 6.07) is 19.3. The first kappa shape index (κ1) is 20.4. The van der Waals surface area contributed by atoms with Crippen molar-refractivity contribution in [2.75, 3.05) is 5.32 Å². The van der Waals surface area contributed by atoms with Crippen molar-refractivity contribution < 1.29 is 9.59 Å². The van der Waals surface area contributed by atoms with Crippen molar-refractivity contribution >= 4 is 34.7 Å². The number of fused-ring (bicyclic) bond motifs is 1. The summed E-state index contributed by atoms with van der Waals surface area (Å²) in [6.45, 7) is 0.0953. The number of benzene rings is 2. The number of aromatic nitrogens is 3. The lowest BCUT2D eigenvalue weighted by Crippen LogP contribution is -2.28. The second-order valence-electron chi connectivity index (χ2n) is 6.81. The molecular formula is C22H18ClN5O3. The zero-order valence-electron chi connectivity index (χ0n) is 16.3. The van der Waals surface area contributed by atoms with E-state index in [1.165, 1.54) is 10.6 Å². The van der Waals surface area contributed by atoms with Crippen LogP contribution in [0.4, 0.5) is 5.69 Å².